The monoisotopic (exact) mass is 489 g/mol. The molecule has 0 bridgehead atoms. The van der Waals surface area contributed by atoms with E-state index in [0.717, 1.165) is 10.8 Å². The highest BCUT2D eigenvalue weighted by Crippen LogP contribution is 2.16. The number of carbonyl (C=O) groups excluding carboxylic acids is 2. The molecule has 190 valence electrons. The number of aliphatic hydroxyl groups is 3. The van der Waals surface area contributed by atoms with Crippen molar-refractivity contribution >= 4 is 29.6 Å². The molecule has 0 spiro atoms. The van der Waals surface area contributed by atoms with E-state index < -0.39 is 85.4 Å². The fourth-order valence-electron chi connectivity index (χ4n) is 2.60. The summed E-state index contributed by atoms with van der Waals surface area (Å²) < 4.78 is 5.51. The lowest BCUT2D eigenvalue weighted by Crippen LogP contribution is -2.46. The Balaban J connectivity index is 2.75. The third kappa shape index (κ3) is 8.49. The number of ether oxygens (including phenoxy) is 1. The number of nitrogens with one attached hydrogen (secondary N) is 1. The standard InChI is InChI=1S/C18H27N5O11/c1-7(14(28)15(29)10(24)6-34-17(32)9(20)5-13(26)27)23-3-2-11(22-18(23)33)21-12(25)4-8(19)16(30)31/h2-3,7-10,14-15,24,28-29H,4-6,19-20H2,1H3,(H,26,27)(H,30,31)(H,21,22,25,33)/t7-,8+,9+,10-,14?,15?/m1/s1. The predicted octanol–water partition coefficient (Wildman–Crippen LogP) is -4.03. The SMILES string of the molecule is C[C@H](C(O)C(O)[C@H](O)COC(=O)[C@@H](N)CC(=O)O)n1ccc(NC(=O)C[C@H](N)C(=O)O)nc1=O. The minimum atomic E-state index is -1.90. The first kappa shape index (κ1) is 28.6. The molecule has 0 saturated heterocycles. The highest BCUT2D eigenvalue weighted by atomic mass is 16.5. The Bertz CT molecular complexity index is 952. The molecule has 16 nitrogen and oxygen atoms in total. The number of amides is 1. The van der Waals surface area contributed by atoms with Gasteiger partial charge in [0.2, 0.25) is 5.91 Å². The minimum absolute atomic E-state index is 0.212. The maximum Gasteiger partial charge on any atom is 0.349 e. The summed E-state index contributed by atoms with van der Waals surface area (Å²) in [6.45, 7) is 0.496. The summed E-state index contributed by atoms with van der Waals surface area (Å²) in [4.78, 5) is 60.4. The maximum atomic E-state index is 12.3. The number of hydrogen-bond acceptors (Lipinski definition) is 12. The van der Waals surface area contributed by atoms with Crippen molar-refractivity contribution in [2.24, 2.45) is 11.5 Å². The van der Waals surface area contributed by atoms with Crippen molar-refractivity contribution in [3.63, 3.8) is 0 Å². The van der Waals surface area contributed by atoms with Crippen LogP contribution in [-0.4, -0.2) is 95.9 Å². The molecule has 6 atom stereocenters. The molecule has 0 aliphatic carbocycles. The van der Waals surface area contributed by atoms with Crippen LogP contribution in [0.3, 0.4) is 0 Å². The number of anilines is 1. The van der Waals surface area contributed by atoms with Gasteiger partial charge in [-0.2, -0.15) is 4.98 Å². The zero-order chi connectivity index (χ0) is 26.2. The van der Waals surface area contributed by atoms with Crippen LogP contribution in [0, 0.1) is 0 Å². The number of rotatable bonds is 13. The summed E-state index contributed by atoms with van der Waals surface area (Å²) in [5.74, 6) is -4.89. The van der Waals surface area contributed by atoms with E-state index in [1.807, 2.05) is 0 Å². The Morgan fingerprint density at radius 3 is 2.24 bits per heavy atom. The minimum Gasteiger partial charge on any atom is -0.481 e. The number of carbonyl (C=O) groups is 4. The summed E-state index contributed by atoms with van der Waals surface area (Å²) in [7, 11) is 0. The van der Waals surface area contributed by atoms with Crippen molar-refractivity contribution in [2.45, 2.75) is 56.2 Å². The highest BCUT2D eigenvalue weighted by Gasteiger charge is 2.32. The molecule has 2 unspecified atom stereocenters. The maximum absolute atomic E-state index is 12.3. The second kappa shape index (κ2) is 12.7. The molecule has 0 fully saturated rings. The number of esters is 1. The average molecular weight is 489 g/mol. The molecule has 16 heteroatoms. The zero-order valence-electron chi connectivity index (χ0n) is 18.0. The van der Waals surface area contributed by atoms with E-state index in [1.54, 1.807) is 0 Å². The first-order valence-corrected chi connectivity index (χ1v) is 9.80. The summed E-state index contributed by atoms with van der Waals surface area (Å²) in [6.07, 6.45) is -5.61. The van der Waals surface area contributed by atoms with Crippen LogP contribution in [0.4, 0.5) is 5.82 Å². The van der Waals surface area contributed by atoms with Gasteiger partial charge in [0, 0.05) is 6.20 Å². The fourth-order valence-corrected chi connectivity index (χ4v) is 2.60. The molecule has 34 heavy (non-hydrogen) atoms. The first-order chi connectivity index (χ1) is 15.7. The normalized spacial score (nSPS) is 16.4. The molecular formula is C18H27N5O11. The van der Waals surface area contributed by atoms with Gasteiger partial charge in [-0.1, -0.05) is 0 Å². The summed E-state index contributed by atoms with van der Waals surface area (Å²) in [5.41, 5.74) is 9.60. The molecule has 0 radical (unpaired) electrons. The number of aromatic nitrogens is 2. The van der Waals surface area contributed by atoms with Gasteiger partial charge < -0.3 is 47.1 Å². The van der Waals surface area contributed by atoms with Crippen molar-refractivity contribution in [3.05, 3.63) is 22.7 Å². The molecule has 0 aliphatic rings. The Hall–Kier alpha value is -3.44. The predicted molar refractivity (Wildman–Crippen MR) is 111 cm³/mol. The molecule has 1 aromatic heterocycles. The van der Waals surface area contributed by atoms with Crippen molar-refractivity contribution < 1.29 is 49.4 Å². The van der Waals surface area contributed by atoms with Gasteiger partial charge in [-0.05, 0) is 13.0 Å². The summed E-state index contributed by atoms with van der Waals surface area (Å²) in [6, 6.07) is -2.92. The average Bonchev–Trinajstić information content (AvgIpc) is 2.74. The quantitative estimate of drug-likeness (QED) is 0.123. The highest BCUT2D eigenvalue weighted by molar-refractivity contribution is 5.93. The fraction of sp³-hybridized carbons (Fsp3) is 0.556. The summed E-state index contributed by atoms with van der Waals surface area (Å²) in [5, 5.41) is 49.9. The van der Waals surface area contributed by atoms with Gasteiger partial charge in [0.1, 0.15) is 42.8 Å². The van der Waals surface area contributed by atoms with Crippen molar-refractivity contribution in [1.82, 2.24) is 9.55 Å². The molecule has 0 aromatic carbocycles. The second-order valence-corrected chi connectivity index (χ2v) is 7.32. The van der Waals surface area contributed by atoms with Crippen molar-refractivity contribution in [2.75, 3.05) is 11.9 Å². The summed E-state index contributed by atoms with van der Waals surface area (Å²) >= 11 is 0. The van der Waals surface area contributed by atoms with E-state index in [0.29, 0.717) is 0 Å². The number of carboxylic acid groups (broad SMARTS) is 2. The lowest BCUT2D eigenvalue weighted by atomic mass is 10.0. The third-order valence-corrected chi connectivity index (χ3v) is 4.59. The zero-order valence-corrected chi connectivity index (χ0v) is 18.0. The molecule has 0 aliphatic heterocycles. The molecule has 1 rings (SSSR count). The van der Waals surface area contributed by atoms with E-state index in [9.17, 15) is 39.3 Å². The van der Waals surface area contributed by atoms with Crippen molar-refractivity contribution in [1.29, 1.82) is 0 Å². The molecule has 0 saturated carbocycles. The van der Waals surface area contributed by atoms with E-state index in [2.05, 4.69) is 15.0 Å². The third-order valence-electron chi connectivity index (χ3n) is 4.59. The van der Waals surface area contributed by atoms with E-state index in [4.69, 9.17) is 21.7 Å². The van der Waals surface area contributed by atoms with Crippen LogP contribution in [0.2, 0.25) is 0 Å². The second-order valence-electron chi connectivity index (χ2n) is 7.32. The lowest BCUT2D eigenvalue weighted by molar-refractivity contribution is -0.156. The number of aliphatic hydroxyl groups excluding tert-OH is 3. The number of aliphatic carboxylic acids is 2. The number of nitrogens with two attached hydrogens (primary N) is 2. The Kier molecular flexibility index (Phi) is 10.7. The van der Waals surface area contributed by atoms with Crippen LogP contribution >= 0.6 is 0 Å². The first-order valence-electron chi connectivity index (χ1n) is 9.80. The van der Waals surface area contributed by atoms with E-state index in [-0.39, 0.29) is 5.82 Å². The van der Waals surface area contributed by atoms with Gasteiger partial charge in [0.05, 0.1) is 18.9 Å². The van der Waals surface area contributed by atoms with Crippen LogP contribution in [0.15, 0.2) is 17.1 Å². The Morgan fingerprint density at radius 2 is 1.71 bits per heavy atom. The van der Waals surface area contributed by atoms with Gasteiger partial charge >= 0.3 is 23.6 Å². The number of hydrogen-bond donors (Lipinski definition) is 8. The molecule has 1 aromatic rings. The smallest absolute Gasteiger partial charge is 0.349 e. The van der Waals surface area contributed by atoms with Crippen LogP contribution in [0.5, 0.6) is 0 Å². The van der Waals surface area contributed by atoms with Gasteiger partial charge in [0.15, 0.2) is 0 Å². The molecule has 10 N–H and O–H groups in total. The van der Waals surface area contributed by atoms with E-state index >= 15 is 0 Å². The number of carboxylic acids is 2. The van der Waals surface area contributed by atoms with Crippen LogP contribution in [0.1, 0.15) is 25.8 Å². The van der Waals surface area contributed by atoms with Crippen LogP contribution in [-0.2, 0) is 23.9 Å². The molecule has 1 heterocycles. The van der Waals surface area contributed by atoms with Crippen LogP contribution < -0.4 is 22.5 Å². The van der Waals surface area contributed by atoms with Gasteiger partial charge in [-0.15, -0.1) is 0 Å². The van der Waals surface area contributed by atoms with Crippen LogP contribution in [0.25, 0.3) is 0 Å². The lowest BCUT2D eigenvalue weighted by Gasteiger charge is -2.28. The van der Waals surface area contributed by atoms with Gasteiger partial charge in [-0.25, -0.2) is 4.79 Å². The van der Waals surface area contributed by atoms with Gasteiger partial charge in [-0.3, -0.25) is 23.7 Å². The molecule has 1 amide bonds. The molecular weight excluding hydrogens is 462 g/mol. The topological polar surface area (TPSA) is 278 Å². The van der Waals surface area contributed by atoms with Crippen molar-refractivity contribution in [3.8, 4) is 0 Å². The Labute approximate surface area is 191 Å². The number of nitrogens with zero attached hydrogens (tertiary/aromatic N) is 2. The van der Waals surface area contributed by atoms with E-state index in [1.165, 1.54) is 13.0 Å². The largest absolute Gasteiger partial charge is 0.481 e. The van der Waals surface area contributed by atoms with Gasteiger partial charge in [0.25, 0.3) is 0 Å². The Morgan fingerprint density at radius 1 is 1.09 bits per heavy atom.